The van der Waals surface area contributed by atoms with Crippen molar-refractivity contribution >= 4 is 5.91 Å². The molecule has 0 saturated carbocycles. The van der Waals surface area contributed by atoms with E-state index < -0.39 is 6.10 Å². The summed E-state index contributed by atoms with van der Waals surface area (Å²) in [5, 5.41) is 10.3. The van der Waals surface area contributed by atoms with Gasteiger partial charge in [-0.2, -0.15) is 0 Å². The number of hydrogen-bond donors (Lipinski definition) is 1. The van der Waals surface area contributed by atoms with Crippen LogP contribution in [0.1, 0.15) is 37.0 Å². The molecular weight excluding hydrogens is 266 g/mol. The average molecular weight is 291 g/mol. The molecule has 0 aliphatic carbocycles. The first-order chi connectivity index (χ1) is 10.1. The first-order valence-corrected chi connectivity index (χ1v) is 7.73. The highest BCUT2D eigenvalue weighted by molar-refractivity contribution is 5.79. The predicted octanol–water partition coefficient (Wildman–Crippen LogP) is 2.30. The molecule has 2 rings (SSSR count). The minimum absolute atomic E-state index is 0.0519. The maximum atomic E-state index is 12.5. The summed E-state index contributed by atoms with van der Waals surface area (Å²) in [6, 6.07) is 7.79. The van der Waals surface area contributed by atoms with Gasteiger partial charge in [0.05, 0.1) is 25.2 Å². The topological polar surface area (TPSA) is 49.8 Å². The quantitative estimate of drug-likeness (QED) is 0.905. The van der Waals surface area contributed by atoms with Crippen molar-refractivity contribution in [3.05, 3.63) is 35.4 Å². The number of nitrogens with zero attached hydrogens (tertiary/aromatic N) is 1. The summed E-state index contributed by atoms with van der Waals surface area (Å²) in [6.45, 7) is 6.18. The van der Waals surface area contributed by atoms with E-state index in [1.165, 1.54) is 0 Å². The van der Waals surface area contributed by atoms with Crippen molar-refractivity contribution in [1.29, 1.82) is 0 Å². The second-order valence-corrected chi connectivity index (χ2v) is 5.72. The van der Waals surface area contributed by atoms with Crippen molar-refractivity contribution in [2.75, 3.05) is 26.3 Å². The van der Waals surface area contributed by atoms with E-state index >= 15 is 0 Å². The summed E-state index contributed by atoms with van der Waals surface area (Å²) >= 11 is 0. The third kappa shape index (κ3) is 4.29. The second kappa shape index (κ2) is 7.57. The first kappa shape index (κ1) is 16.0. The number of aryl methyl sites for hydroxylation is 1. The van der Waals surface area contributed by atoms with E-state index in [0.717, 1.165) is 30.6 Å². The SMILES string of the molecule is CCN(CC(O)c1ccc(C)cc1)C(=O)C1CCCOC1. The van der Waals surface area contributed by atoms with E-state index in [-0.39, 0.29) is 11.8 Å². The van der Waals surface area contributed by atoms with Crippen LogP contribution < -0.4 is 0 Å². The van der Waals surface area contributed by atoms with E-state index in [1.807, 2.05) is 38.1 Å². The highest BCUT2D eigenvalue weighted by atomic mass is 16.5. The third-order valence-electron chi connectivity index (χ3n) is 4.06. The zero-order valence-electron chi connectivity index (χ0n) is 12.9. The van der Waals surface area contributed by atoms with Crippen LogP contribution in [0.15, 0.2) is 24.3 Å². The Kier molecular flexibility index (Phi) is 5.76. The van der Waals surface area contributed by atoms with Crippen LogP contribution in [0.25, 0.3) is 0 Å². The fourth-order valence-electron chi connectivity index (χ4n) is 2.67. The molecule has 4 nitrogen and oxygen atoms in total. The molecule has 1 saturated heterocycles. The number of likely N-dealkylation sites (N-methyl/N-ethyl adjacent to an activating group) is 1. The monoisotopic (exact) mass is 291 g/mol. The van der Waals surface area contributed by atoms with Gasteiger partial charge >= 0.3 is 0 Å². The minimum atomic E-state index is -0.640. The van der Waals surface area contributed by atoms with Gasteiger partial charge in [-0.05, 0) is 32.3 Å². The largest absolute Gasteiger partial charge is 0.387 e. The van der Waals surface area contributed by atoms with Crippen molar-refractivity contribution in [2.24, 2.45) is 5.92 Å². The van der Waals surface area contributed by atoms with Gasteiger partial charge in [-0.3, -0.25) is 4.79 Å². The Morgan fingerprint density at radius 2 is 2.14 bits per heavy atom. The molecule has 1 N–H and O–H groups in total. The van der Waals surface area contributed by atoms with E-state index in [4.69, 9.17) is 4.74 Å². The lowest BCUT2D eigenvalue weighted by Crippen LogP contribution is -2.41. The molecule has 0 aromatic heterocycles. The van der Waals surface area contributed by atoms with Crippen LogP contribution in [-0.2, 0) is 9.53 Å². The molecule has 2 unspecified atom stereocenters. The Bertz CT molecular complexity index is 452. The van der Waals surface area contributed by atoms with Crippen LogP contribution in [0.2, 0.25) is 0 Å². The van der Waals surface area contributed by atoms with Crippen LogP contribution in [0.4, 0.5) is 0 Å². The number of aliphatic hydroxyl groups excluding tert-OH is 1. The molecule has 0 bridgehead atoms. The van der Waals surface area contributed by atoms with Gasteiger partial charge in [-0.1, -0.05) is 29.8 Å². The predicted molar refractivity (Wildman–Crippen MR) is 81.9 cm³/mol. The summed E-state index contributed by atoms with van der Waals surface area (Å²) < 4.78 is 5.39. The summed E-state index contributed by atoms with van der Waals surface area (Å²) in [4.78, 5) is 14.2. The van der Waals surface area contributed by atoms with Crippen molar-refractivity contribution in [1.82, 2.24) is 4.90 Å². The number of carbonyl (C=O) groups is 1. The second-order valence-electron chi connectivity index (χ2n) is 5.72. The molecule has 1 heterocycles. The molecule has 1 aromatic carbocycles. The van der Waals surface area contributed by atoms with Crippen molar-refractivity contribution in [3.8, 4) is 0 Å². The summed E-state index contributed by atoms with van der Waals surface area (Å²) in [5.41, 5.74) is 2.01. The first-order valence-electron chi connectivity index (χ1n) is 7.73. The lowest BCUT2D eigenvalue weighted by molar-refractivity contribution is -0.141. The van der Waals surface area contributed by atoms with Crippen molar-refractivity contribution < 1.29 is 14.6 Å². The van der Waals surface area contributed by atoms with E-state index in [9.17, 15) is 9.90 Å². The molecule has 0 spiro atoms. The zero-order valence-corrected chi connectivity index (χ0v) is 12.9. The van der Waals surface area contributed by atoms with Crippen LogP contribution in [-0.4, -0.2) is 42.2 Å². The lowest BCUT2D eigenvalue weighted by Gasteiger charge is -2.30. The number of benzene rings is 1. The molecule has 4 heteroatoms. The van der Waals surface area contributed by atoms with Gasteiger partial charge in [0.1, 0.15) is 0 Å². The minimum Gasteiger partial charge on any atom is -0.387 e. The number of rotatable bonds is 5. The van der Waals surface area contributed by atoms with Gasteiger partial charge in [-0.15, -0.1) is 0 Å². The Morgan fingerprint density at radius 1 is 1.43 bits per heavy atom. The smallest absolute Gasteiger partial charge is 0.228 e. The Hall–Kier alpha value is -1.39. The highest BCUT2D eigenvalue weighted by Gasteiger charge is 2.27. The summed E-state index contributed by atoms with van der Waals surface area (Å²) in [6.07, 6.45) is 1.18. The van der Waals surface area contributed by atoms with Gasteiger partial charge in [0.2, 0.25) is 5.91 Å². The third-order valence-corrected chi connectivity index (χ3v) is 4.06. The molecule has 21 heavy (non-hydrogen) atoms. The highest BCUT2D eigenvalue weighted by Crippen LogP contribution is 2.20. The number of aliphatic hydroxyl groups is 1. The van der Waals surface area contributed by atoms with Gasteiger partial charge in [-0.25, -0.2) is 0 Å². The van der Waals surface area contributed by atoms with Crippen molar-refractivity contribution in [3.63, 3.8) is 0 Å². The lowest BCUT2D eigenvalue weighted by atomic mass is 10.00. The Balaban J connectivity index is 1.97. The zero-order chi connectivity index (χ0) is 15.2. The maximum Gasteiger partial charge on any atom is 0.228 e. The molecule has 1 aromatic rings. The summed E-state index contributed by atoms with van der Waals surface area (Å²) in [5.74, 6) is 0.0484. The molecule has 1 aliphatic heterocycles. The van der Waals surface area contributed by atoms with Gasteiger partial charge < -0.3 is 14.7 Å². The number of ether oxygens (including phenoxy) is 1. The van der Waals surface area contributed by atoms with Gasteiger partial charge in [0.25, 0.3) is 0 Å². The fourth-order valence-corrected chi connectivity index (χ4v) is 2.67. The molecular formula is C17H25NO3. The normalized spacial score (nSPS) is 20.0. The van der Waals surface area contributed by atoms with Crippen LogP contribution in [0.3, 0.4) is 0 Å². The number of carbonyl (C=O) groups excluding carboxylic acids is 1. The molecule has 116 valence electrons. The van der Waals surface area contributed by atoms with Crippen LogP contribution in [0, 0.1) is 12.8 Å². The molecule has 0 radical (unpaired) electrons. The Labute approximate surface area is 126 Å². The van der Waals surface area contributed by atoms with Gasteiger partial charge in [0, 0.05) is 13.2 Å². The fraction of sp³-hybridized carbons (Fsp3) is 0.588. The summed E-state index contributed by atoms with van der Waals surface area (Å²) in [7, 11) is 0. The van der Waals surface area contributed by atoms with E-state index in [1.54, 1.807) is 4.90 Å². The van der Waals surface area contributed by atoms with Crippen molar-refractivity contribution in [2.45, 2.75) is 32.8 Å². The Morgan fingerprint density at radius 3 is 2.71 bits per heavy atom. The molecule has 1 aliphatic rings. The average Bonchev–Trinajstić information content (AvgIpc) is 2.53. The maximum absolute atomic E-state index is 12.5. The number of hydrogen-bond acceptors (Lipinski definition) is 3. The molecule has 1 fully saturated rings. The van der Waals surface area contributed by atoms with Gasteiger partial charge in [0.15, 0.2) is 0 Å². The molecule has 1 amide bonds. The standard InChI is InChI=1S/C17H25NO3/c1-3-18(17(20)15-5-4-10-21-12-15)11-16(19)14-8-6-13(2)7-9-14/h6-9,15-16,19H,3-5,10-12H2,1-2H3. The molecule has 2 atom stereocenters. The van der Waals surface area contributed by atoms with Crippen LogP contribution in [0.5, 0.6) is 0 Å². The number of amides is 1. The van der Waals surface area contributed by atoms with E-state index in [2.05, 4.69) is 0 Å². The van der Waals surface area contributed by atoms with E-state index in [0.29, 0.717) is 19.7 Å². The van der Waals surface area contributed by atoms with Crippen LogP contribution >= 0.6 is 0 Å².